The van der Waals surface area contributed by atoms with E-state index in [0.717, 1.165) is 35.1 Å². The van der Waals surface area contributed by atoms with Crippen molar-refractivity contribution in [1.82, 2.24) is 15.1 Å². The van der Waals surface area contributed by atoms with Crippen LogP contribution < -0.4 is 11.1 Å². The average molecular weight is 380 g/mol. The molecule has 2 rings (SSSR count). The Balaban J connectivity index is 0.00000242. The van der Waals surface area contributed by atoms with E-state index in [-0.39, 0.29) is 24.8 Å². The molecule has 0 aliphatic carbocycles. The van der Waals surface area contributed by atoms with Crippen molar-refractivity contribution in [2.24, 2.45) is 5.73 Å². The van der Waals surface area contributed by atoms with Gasteiger partial charge in [-0.15, -0.1) is 24.8 Å². The van der Waals surface area contributed by atoms with E-state index in [0.29, 0.717) is 12.6 Å². The number of nitrogens with one attached hydrogen (secondary N) is 1. The molecule has 7 heteroatoms. The van der Waals surface area contributed by atoms with Crippen LogP contribution in [-0.2, 0) is 19.6 Å². The second kappa shape index (κ2) is 10.2. The number of aryl methyl sites for hydroxylation is 1. The molecule has 1 atom stereocenters. The van der Waals surface area contributed by atoms with Gasteiger partial charge in [-0.3, -0.25) is 4.68 Å². The van der Waals surface area contributed by atoms with Gasteiger partial charge in [-0.05, 0) is 31.9 Å². The lowest BCUT2D eigenvalue weighted by molar-refractivity contribution is 0.444. The van der Waals surface area contributed by atoms with Crippen LogP contribution in [0.5, 0.6) is 0 Å². The van der Waals surface area contributed by atoms with Crippen LogP contribution in [0.25, 0.3) is 0 Å². The van der Waals surface area contributed by atoms with Crippen molar-refractivity contribution < 1.29 is 0 Å². The molecule has 23 heavy (non-hydrogen) atoms. The summed E-state index contributed by atoms with van der Waals surface area (Å²) in [6.07, 6.45) is 0. The fourth-order valence-electron chi connectivity index (χ4n) is 2.26. The lowest BCUT2D eigenvalue weighted by atomic mass is 10.1. The van der Waals surface area contributed by atoms with Crippen LogP contribution >= 0.6 is 36.4 Å². The monoisotopic (exact) mass is 378 g/mol. The average Bonchev–Trinajstić information content (AvgIpc) is 2.73. The molecule has 0 bridgehead atoms. The van der Waals surface area contributed by atoms with Crippen LogP contribution in [0.4, 0.5) is 0 Å². The first-order chi connectivity index (χ1) is 10.0. The maximum atomic E-state index is 6.17. The fraction of sp³-hybridized carbons (Fsp3) is 0.438. The Bertz CT molecular complexity index is 596. The van der Waals surface area contributed by atoms with Crippen LogP contribution in [0.1, 0.15) is 29.4 Å². The third-order valence-corrected chi connectivity index (χ3v) is 4.20. The van der Waals surface area contributed by atoms with Crippen molar-refractivity contribution in [3.8, 4) is 0 Å². The standard InChI is InChI=1S/C16H23ClN4.2ClH/c1-11(10-21-13(3)16(17)12(2)20-21)19-9-15-6-4-14(8-18)5-7-15;;/h4-7,11,19H,8-10,18H2,1-3H3;2*1H. The van der Waals surface area contributed by atoms with Gasteiger partial charge in [-0.2, -0.15) is 5.10 Å². The summed E-state index contributed by atoms with van der Waals surface area (Å²) in [6.45, 7) is 8.31. The molecule has 3 N–H and O–H groups in total. The topological polar surface area (TPSA) is 55.9 Å². The number of hydrogen-bond acceptors (Lipinski definition) is 3. The van der Waals surface area contributed by atoms with E-state index in [4.69, 9.17) is 17.3 Å². The SMILES string of the molecule is Cc1nn(CC(C)NCc2ccc(CN)cc2)c(C)c1Cl.Cl.Cl. The molecule has 4 nitrogen and oxygen atoms in total. The third-order valence-electron chi connectivity index (χ3n) is 3.65. The predicted molar refractivity (Wildman–Crippen MR) is 102 cm³/mol. The zero-order valence-corrected chi connectivity index (χ0v) is 16.1. The Labute approximate surface area is 155 Å². The summed E-state index contributed by atoms with van der Waals surface area (Å²) < 4.78 is 1.97. The lowest BCUT2D eigenvalue weighted by Gasteiger charge is -2.15. The molecule has 1 aromatic carbocycles. The normalized spacial score (nSPS) is 11.5. The Kier molecular flexibility index (Phi) is 9.82. The van der Waals surface area contributed by atoms with Gasteiger partial charge in [0.1, 0.15) is 0 Å². The van der Waals surface area contributed by atoms with Gasteiger partial charge < -0.3 is 11.1 Å². The van der Waals surface area contributed by atoms with Crippen LogP contribution in [0.2, 0.25) is 5.02 Å². The van der Waals surface area contributed by atoms with Crippen LogP contribution in [0.15, 0.2) is 24.3 Å². The number of nitrogens with zero attached hydrogens (tertiary/aromatic N) is 2. The van der Waals surface area contributed by atoms with Crippen LogP contribution in [-0.4, -0.2) is 15.8 Å². The predicted octanol–water partition coefficient (Wildman–Crippen LogP) is 3.63. The number of nitrogens with two attached hydrogens (primary N) is 1. The molecule has 1 unspecified atom stereocenters. The van der Waals surface area contributed by atoms with Gasteiger partial charge in [-0.1, -0.05) is 35.9 Å². The molecule has 0 fully saturated rings. The van der Waals surface area contributed by atoms with Gasteiger partial charge in [0.05, 0.1) is 23.0 Å². The first kappa shape index (κ1) is 22.2. The van der Waals surface area contributed by atoms with Crippen molar-refractivity contribution in [3.63, 3.8) is 0 Å². The van der Waals surface area contributed by atoms with Crippen molar-refractivity contribution in [1.29, 1.82) is 0 Å². The molecule has 2 aromatic rings. The fourth-order valence-corrected chi connectivity index (χ4v) is 2.40. The maximum Gasteiger partial charge on any atom is 0.0844 e. The summed E-state index contributed by atoms with van der Waals surface area (Å²) >= 11 is 6.17. The highest BCUT2D eigenvalue weighted by Crippen LogP contribution is 2.19. The van der Waals surface area contributed by atoms with E-state index in [1.165, 1.54) is 5.56 Å². The van der Waals surface area contributed by atoms with Crippen molar-refractivity contribution in [3.05, 3.63) is 51.8 Å². The Hall–Kier alpha value is -0.780. The zero-order chi connectivity index (χ0) is 15.4. The second-order valence-corrected chi connectivity index (χ2v) is 5.85. The second-order valence-electron chi connectivity index (χ2n) is 5.47. The van der Waals surface area contributed by atoms with Gasteiger partial charge in [0, 0.05) is 19.1 Å². The van der Waals surface area contributed by atoms with Gasteiger partial charge in [0.15, 0.2) is 0 Å². The highest BCUT2D eigenvalue weighted by atomic mass is 35.5. The number of aromatic nitrogens is 2. The lowest BCUT2D eigenvalue weighted by Crippen LogP contribution is -2.30. The molecule has 0 radical (unpaired) electrons. The molecule has 0 aliphatic heterocycles. The van der Waals surface area contributed by atoms with Gasteiger partial charge in [-0.25, -0.2) is 0 Å². The molecule has 0 saturated carbocycles. The summed E-state index contributed by atoms with van der Waals surface area (Å²) in [5.74, 6) is 0. The van der Waals surface area contributed by atoms with E-state index in [9.17, 15) is 0 Å². The highest BCUT2D eigenvalue weighted by molar-refractivity contribution is 6.31. The van der Waals surface area contributed by atoms with Gasteiger partial charge >= 0.3 is 0 Å². The van der Waals surface area contributed by atoms with Crippen molar-refractivity contribution >= 4 is 36.4 Å². The number of halogens is 3. The minimum atomic E-state index is 0. The van der Waals surface area contributed by atoms with E-state index >= 15 is 0 Å². The van der Waals surface area contributed by atoms with E-state index in [2.05, 4.69) is 41.6 Å². The van der Waals surface area contributed by atoms with Crippen LogP contribution in [0, 0.1) is 13.8 Å². The minimum absolute atomic E-state index is 0. The summed E-state index contributed by atoms with van der Waals surface area (Å²) in [5, 5.41) is 8.73. The van der Waals surface area contributed by atoms with Gasteiger partial charge in [0.25, 0.3) is 0 Å². The highest BCUT2D eigenvalue weighted by Gasteiger charge is 2.11. The minimum Gasteiger partial charge on any atom is -0.326 e. The number of benzene rings is 1. The summed E-state index contributed by atoms with van der Waals surface area (Å²) in [7, 11) is 0. The van der Waals surface area contributed by atoms with Crippen molar-refractivity contribution in [2.75, 3.05) is 0 Å². The maximum absolute atomic E-state index is 6.17. The molecule has 1 aromatic heterocycles. The number of hydrogen-bond donors (Lipinski definition) is 2. The van der Waals surface area contributed by atoms with Crippen LogP contribution in [0.3, 0.4) is 0 Å². The molecular formula is C16H25Cl3N4. The molecule has 0 amide bonds. The number of rotatable bonds is 6. The first-order valence-electron chi connectivity index (χ1n) is 7.22. The van der Waals surface area contributed by atoms with E-state index in [1.54, 1.807) is 0 Å². The first-order valence-corrected chi connectivity index (χ1v) is 7.59. The smallest absolute Gasteiger partial charge is 0.0844 e. The zero-order valence-electron chi connectivity index (χ0n) is 13.7. The van der Waals surface area contributed by atoms with E-state index in [1.807, 2.05) is 18.5 Å². The Morgan fingerprint density at radius 1 is 1.17 bits per heavy atom. The van der Waals surface area contributed by atoms with E-state index < -0.39 is 0 Å². The Morgan fingerprint density at radius 3 is 2.22 bits per heavy atom. The Morgan fingerprint density at radius 2 is 1.74 bits per heavy atom. The summed E-state index contributed by atoms with van der Waals surface area (Å²) in [5.41, 5.74) is 9.92. The quantitative estimate of drug-likeness (QED) is 0.805. The summed E-state index contributed by atoms with van der Waals surface area (Å²) in [6, 6.07) is 8.68. The molecule has 0 saturated heterocycles. The van der Waals surface area contributed by atoms with Crippen molar-refractivity contribution in [2.45, 2.75) is 46.4 Å². The molecular weight excluding hydrogens is 355 g/mol. The molecule has 0 aliphatic rings. The molecule has 1 heterocycles. The largest absolute Gasteiger partial charge is 0.326 e. The van der Waals surface area contributed by atoms with Gasteiger partial charge in [0.2, 0.25) is 0 Å². The molecule has 0 spiro atoms. The summed E-state index contributed by atoms with van der Waals surface area (Å²) in [4.78, 5) is 0. The third kappa shape index (κ3) is 5.98. The molecule has 130 valence electrons.